The molecule has 1 aliphatic heterocycles. The third kappa shape index (κ3) is 3.16. The molecule has 0 aliphatic carbocycles. The first kappa shape index (κ1) is 15.9. The summed E-state index contributed by atoms with van der Waals surface area (Å²) in [4.78, 5) is 18.4. The third-order valence-electron chi connectivity index (χ3n) is 5.00. The highest BCUT2D eigenvalue weighted by atomic mass is 16.2. The van der Waals surface area contributed by atoms with Gasteiger partial charge in [-0.15, -0.1) is 0 Å². The number of carbonyl (C=O) groups is 1. The van der Waals surface area contributed by atoms with E-state index in [2.05, 4.69) is 65.9 Å². The van der Waals surface area contributed by atoms with Gasteiger partial charge in [0.05, 0.1) is 11.0 Å². The zero-order valence-electron chi connectivity index (χ0n) is 14.8. The molecule has 128 valence electrons. The van der Waals surface area contributed by atoms with Gasteiger partial charge >= 0.3 is 0 Å². The van der Waals surface area contributed by atoms with E-state index < -0.39 is 0 Å². The van der Waals surface area contributed by atoms with Crippen LogP contribution in [0.5, 0.6) is 0 Å². The van der Waals surface area contributed by atoms with E-state index in [9.17, 15) is 4.79 Å². The van der Waals surface area contributed by atoms with Crippen LogP contribution in [0.1, 0.15) is 35.4 Å². The van der Waals surface area contributed by atoms with Crippen molar-refractivity contribution in [1.82, 2.24) is 14.5 Å². The summed E-state index contributed by atoms with van der Waals surface area (Å²) in [6.45, 7) is 6.60. The molecule has 0 bridgehead atoms. The van der Waals surface area contributed by atoms with Crippen molar-refractivity contribution in [3.8, 4) is 0 Å². The normalized spacial score (nSPS) is 14.6. The molecule has 1 amide bonds. The topological polar surface area (TPSA) is 38.1 Å². The van der Waals surface area contributed by atoms with Gasteiger partial charge < -0.3 is 9.47 Å². The van der Waals surface area contributed by atoms with Gasteiger partial charge in [0, 0.05) is 26.1 Å². The van der Waals surface area contributed by atoms with E-state index in [4.69, 9.17) is 0 Å². The van der Waals surface area contributed by atoms with Crippen LogP contribution >= 0.6 is 0 Å². The summed E-state index contributed by atoms with van der Waals surface area (Å²) in [6, 6.07) is 15.0. The van der Waals surface area contributed by atoms with Crippen LogP contribution in [0.4, 0.5) is 0 Å². The van der Waals surface area contributed by atoms with Gasteiger partial charge in [0.2, 0.25) is 5.91 Å². The van der Waals surface area contributed by atoms with E-state index in [1.165, 1.54) is 22.2 Å². The second kappa shape index (κ2) is 6.36. The molecule has 0 unspecified atom stereocenters. The summed E-state index contributed by atoms with van der Waals surface area (Å²) in [6.07, 6.45) is 1.69. The van der Waals surface area contributed by atoms with Crippen LogP contribution < -0.4 is 0 Å². The zero-order valence-corrected chi connectivity index (χ0v) is 14.8. The molecule has 1 fully saturated rings. The highest BCUT2D eigenvalue weighted by Gasteiger charge is 2.19. The summed E-state index contributed by atoms with van der Waals surface area (Å²) >= 11 is 0. The highest BCUT2D eigenvalue weighted by Crippen LogP contribution is 2.20. The molecule has 1 aliphatic rings. The van der Waals surface area contributed by atoms with Crippen LogP contribution in [0.2, 0.25) is 0 Å². The summed E-state index contributed by atoms with van der Waals surface area (Å²) in [5, 5.41) is 0. The fourth-order valence-electron chi connectivity index (χ4n) is 3.58. The van der Waals surface area contributed by atoms with Gasteiger partial charge in [-0.05, 0) is 49.1 Å². The van der Waals surface area contributed by atoms with Crippen LogP contribution in [0.25, 0.3) is 11.0 Å². The number of rotatable bonds is 4. The maximum Gasteiger partial charge on any atom is 0.222 e. The molecule has 0 saturated carbocycles. The molecule has 4 rings (SSSR count). The van der Waals surface area contributed by atoms with E-state index in [1.807, 2.05) is 4.90 Å². The van der Waals surface area contributed by atoms with E-state index in [0.717, 1.165) is 37.4 Å². The molecule has 3 aromatic rings. The number of fused-ring (bicyclic) bond motifs is 1. The minimum absolute atomic E-state index is 0.278. The average molecular weight is 333 g/mol. The molecule has 1 aromatic heterocycles. The molecular weight excluding hydrogens is 310 g/mol. The van der Waals surface area contributed by atoms with Crippen molar-refractivity contribution in [1.29, 1.82) is 0 Å². The van der Waals surface area contributed by atoms with E-state index >= 15 is 0 Å². The summed E-state index contributed by atoms with van der Waals surface area (Å²) in [7, 11) is 0. The molecule has 0 N–H and O–H groups in total. The standard InChI is InChI=1S/C21H23N3O/c1-15-5-10-19-20(12-15)24(16(2)22-19)14-18-8-6-17(7-9-18)13-23-11-3-4-21(23)25/h5-10,12H,3-4,11,13-14H2,1-2H3. The molecule has 0 spiro atoms. The van der Waals surface area contributed by atoms with Gasteiger partial charge in [0.15, 0.2) is 0 Å². The number of aromatic nitrogens is 2. The Morgan fingerprint density at radius 3 is 2.40 bits per heavy atom. The van der Waals surface area contributed by atoms with Crippen LogP contribution in [-0.2, 0) is 17.9 Å². The Bertz CT molecular complexity index is 924. The zero-order chi connectivity index (χ0) is 17.4. The monoisotopic (exact) mass is 333 g/mol. The number of nitrogens with zero attached hydrogens (tertiary/aromatic N) is 3. The Kier molecular flexibility index (Phi) is 4.04. The summed E-state index contributed by atoms with van der Waals surface area (Å²) < 4.78 is 2.27. The fourth-order valence-corrected chi connectivity index (χ4v) is 3.58. The highest BCUT2D eigenvalue weighted by molar-refractivity contribution is 5.78. The minimum atomic E-state index is 0.278. The predicted octanol–water partition coefficient (Wildman–Crippen LogP) is 3.82. The molecule has 2 aromatic carbocycles. The number of amides is 1. The second-order valence-electron chi connectivity index (χ2n) is 6.97. The largest absolute Gasteiger partial charge is 0.338 e. The average Bonchev–Trinajstić information content (AvgIpc) is 3.13. The first-order chi connectivity index (χ1) is 12.1. The molecule has 0 atom stereocenters. The van der Waals surface area contributed by atoms with Crippen LogP contribution in [0.15, 0.2) is 42.5 Å². The number of carbonyl (C=O) groups excluding carboxylic acids is 1. The first-order valence-corrected chi connectivity index (χ1v) is 8.89. The number of aryl methyl sites for hydroxylation is 2. The van der Waals surface area contributed by atoms with Gasteiger partial charge in [-0.1, -0.05) is 30.3 Å². The van der Waals surface area contributed by atoms with Gasteiger partial charge in [-0.3, -0.25) is 4.79 Å². The maximum absolute atomic E-state index is 11.8. The molecule has 25 heavy (non-hydrogen) atoms. The SMILES string of the molecule is Cc1ccc2nc(C)n(Cc3ccc(CN4CCCC4=O)cc3)c2c1. The molecule has 0 radical (unpaired) electrons. The van der Waals surface area contributed by atoms with Crippen LogP contribution in [-0.4, -0.2) is 26.9 Å². The lowest BCUT2D eigenvalue weighted by molar-refractivity contribution is -0.128. The number of imidazole rings is 1. The Morgan fingerprint density at radius 2 is 1.72 bits per heavy atom. The summed E-state index contributed by atoms with van der Waals surface area (Å²) in [5.74, 6) is 1.31. The number of hydrogen-bond donors (Lipinski definition) is 0. The molecule has 2 heterocycles. The van der Waals surface area contributed by atoms with Crippen LogP contribution in [0.3, 0.4) is 0 Å². The van der Waals surface area contributed by atoms with E-state index in [1.54, 1.807) is 0 Å². The number of hydrogen-bond acceptors (Lipinski definition) is 2. The lowest BCUT2D eigenvalue weighted by Crippen LogP contribution is -2.23. The van der Waals surface area contributed by atoms with Gasteiger partial charge in [0.1, 0.15) is 5.82 Å². The number of likely N-dealkylation sites (tertiary alicyclic amines) is 1. The second-order valence-corrected chi connectivity index (χ2v) is 6.97. The molecule has 4 heteroatoms. The van der Waals surface area contributed by atoms with Crippen molar-refractivity contribution in [2.24, 2.45) is 0 Å². The van der Waals surface area contributed by atoms with Crippen molar-refractivity contribution in [3.05, 3.63) is 65.0 Å². The Morgan fingerprint density at radius 1 is 1.00 bits per heavy atom. The van der Waals surface area contributed by atoms with Crippen molar-refractivity contribution in [2.45, 2.75) is 39.8 Å². The minimum Gasteiger partial charge on any atom is -0.338 e. The van der Waals surface area contributed by atoms with Gasteiger partial charge in [-0.25, -0.2) is 4.98 Å². The fraction of sp³-hybridized carbons (Fsp3) is 0.333. The van der Waals surface area contributed by atoms with E-state index in [-0.39, 0.29) is 5.91 Å². The number of benzene rings is 2. The predicted molar refractivity (Wildman–Crippen MR) is 99.4 cm³/mol. The van der Waals surface area contributed by atoms with Crippen molar-refractivity contribution in [2.75, 3.05) is 6.54 Å². The lowest BCUT2D eigenvalue weighted by atomic mass is 10.1. The first-order valence-electron chi connectivity index (χ1n) is 8.89. The van der Waals surface area contributed by atoms with Crippen molar-refractivity contribution >= 4 is 16.9 Å². The van der Waals surface area contributed by atoms with E-state index in [0.29, 0.717) is 6.42 Å². The quantitative estimate of drug-likeness (QED) is 0.728. The Labute approximate surface area is 148 Å². The van der Waals surface area contributed by atoms with Crippen LogP contribution in [0, 0.1) is 13.8 Å². The lowest BCUT2D eigenvalue weighted by Gasteiger charge is -2.16. The molecule has 4 nitrogen and oxygen atoms in total. The Hall–Kier alpha value is -2.62. The molecular formula is C21H23N3O. The van der Waals surface area contributed by atoms with Gasteiger partial charge in [0.25, 0.3) is 0 Å². The maximum atomic E-state index is 11.8. The molecule has 1 saturated heterocycles. The van der Waals surface area contributed by atoms with Gasteiger partial charge in [-0.2, -0.15) is 0 Å². The third-order valence-corrected chi connectivity index (χ3v) is 5.00. The van der Waals surface area contributed by atoms with Crippen molar-refractivity contribution in [3.63, 3.8) is 0 Å². The summed E-state index contributed by atoms with van der Waals surface area (Å²) in [5.41, 5.74) is 5.93. The smallest absolute Gasteiger partial charge is 0.222 e. The Balaban J connectivity index is 1.54. The van der Waals surface area contributed by atoms with Crippen molar-refractivity contribution < 1.29 is 4.79 Å².